The van der Waals surface area contributed by atoms with Gasteiger partial charge in [-0.1, -0.05) is 36.4 Å². The Morgan fingerprint density at radius 2 is 1.62 bits per heavy atom. The maximum atomic E-state index is 4.57. The van der Waals surface area contributed by atoms with Crippen LogP contribution in [0, 0.1) is 13.8 Å². The van der Waals surface area contributed by atoms with Crippen LogP contribution in [-0.4, -0.2) is 4.98 Å². The Morgan fingerprint density at radius 1 is 0.875 bits per heavy atom. The van der Waals surface area contributed by atoms with E-state index < -0.39 is 0 Å². The van der Waals surface area contributed by atoms with Crippen LogP contribution < -0.4 is 0 Å². The fourth-order valence-electron chi connectivity index (χ4n) is 2.27. The van der Waals surface area contributed by atoms with Crippen molar-refractivity contribution in [2.45, 2.75) is 13.8 Å². The first-order chi connectivity index (χ1) is 7.77. The SMILES string of the molecule is Cc1ccc(C)c2c1ncc1ccccc12. The highest BCUT2D eigenvalue weighted by atomic mass is 14.7. The molecule has 2 aromatic carbocycles. The number of pyridine rings is 1. The molecule has 1 heterocycles. The first-order valence-electron chi connectivity index (χ1n) is 5.51. The molecule has 0 amide bonds. The Bertz CT molecular complexity index is 683. The van der Waals surface area contributed by atoms with Gasteiger partial charge in [-0.05, 0) is 30.4 Å². The third-order valence-corrected chi connectivity index (χ3v) is 3.15. The number of fused-ring (bicyclic) bond motifs is 3. The van der Waals surface area contributed by atoms with Gasteiger partial charge >= 0.3 is 0 Å². The third-order valence-electron chi connectivity index (χ3n) is 3.15. The summed E-state index contributed by atoms with van der Waals surface area (Å²) in [6, 6.07) is 12.7. The van der Waals surface area contributed by atoms with Gasteiger partial charge in [-0.2, -0.15) is 0 Å². The number of benzene rings is 2. The lowest BCUT2D eigenvalue weighted by molar-refractivity contribution is 1.37. The van der Waals surface area contributed by atoms with Crippen LogP contribution in [0.25, 0.3) is 21.7 Å². The summed E-state index contributed by atoms with van der Waals surface area (Å²) >= 11 is 0. The van der Waals surface area contributed by atoms with E-state index >= 15 is 0 Å². The number of nitrogens with zero attached hydrogens (tertiary/aromatic N) is 1. The van der Waals surface area contributed by atoms with E-state index in [4.69, 9.17) is 0 Å². The van der Waals surface area contributed by atoms with E-state index in [2.05, 4.69) is 55.2 Å². The molecule has 0 unspecified atom stereocenters. The molecular weight excluding hydrogens is 194 g/mol. The Balaban J connectivity index is 2.64. The molecule has 16 heavy (non-hydrogen) atoms. The van der Waals surface area contributed by atoms with Gasteiger partial charge in [0.2, 0.25) is 0 Å². The Hall–Kier alpha value is -1.89. The van der Waals surface area contributed by atoms with Crippen LogP contribution in [0.4, 0.5) is 0 Å². The number of aromatic nitrogens is 1. The molecule has 0 aliphatic heterocycles. The van der Waals surface area contributed by atoms with E-state index in [0.29, 0.717) is 0 Å². The summed E-state index contributed by atoms with van der Waals surface area (Å²) in [5.41, 5.74) is 3.66. The van der Waals surface area contributed by atoms with E-state index in [0.717, 1.165) is 5.52 Å². The van der Waals surface area contributed by atoms with Gasteiger partial charge in [0.05, 0.1) is 5.52 Å². The van der Waals surface area contributed by atoms with Gasteiger partial charge in [-0.3, -0.25) is 4.98 Å². The first-order valence-corrected chi connectivity index (χ1v) is 5.51. The van der Waals surface area contributed by atoms with Gasteiger partial charge in [-0.15, -0.1) is 0 Å². The average molecular weight is 207 g/mol. The second-order valence-electron chi connectivity index (χ2n) is 4.27. The normalized spacial score (nSPS) is 11.1. The molecule has 0 fully saturated rings. The zero-order valence-electron chi connectivity index (χ0n) is 9.49. The van der Waals surface area contributed by atoms with Crippen molar-refractivity contribution in [2.75, 3.05) is 0 Å². The molecular formula is C15H13N. The van der Waals surface area contributed by atoms with E-state index in [1.54, 1.807) is 0 Å². The predicted octanol–water partition coefficient (Wildman–Crippen LogP) is 4.00. The molecule has 0 spiro atoms. The van der Waals surface area contributed by atoms with Crippen molar-refractivity contribution in [1.29, 1.82) is 0 Å². The van der Waals surface area contributed by atoms with Gasteiger partial charge in [-0.25, -0.2) is 0 Å². The van der Waals surface area contributed by atoms with E-state index in [1.807, 2.05) is 6.20 Å². The third kappa shape index (κ3) is 1.21. The van der Waals surface area contributed by atoms with Gasteiger partial charge in [0, 0.05) is 17.0 Å². The Labute approximate surface area is 94.7 Å². The minimum atomic E-state index is 1.12. The smallest absolute Gasteiger partial charge is 0.0740 e. The molecule has 0 radical (unpaired) electrons. The summed E-state index contributed by atoms with van der Waals surface area (Å²) < 4.78 is 0. The lowest BCUT2D eigenvalue weighted by atomic mass is 10.0. The molecule has 0 saturated carbocycles. The molecule has 3 rings (SSSR count). The highest BCUT2D eigenvalue weighted by Gasteiger charge is 2.05. The van der Waals surface area contributed by atoms with Crippen molar-refractivity contribution < 1.29 is 0 Å². The van der Waals surface area contributed by atoms with Gasteiger partial charge < -0.3 is 0 Å². The second-order valence-corrected chi connectivity index (χ2v) is 4.27. The molecule has 0 N–H and O–H groups in total. The van der Waals surface area contributed by atoms with Crippen LogP contribution in [0.2, 0.25) is 0 Å². The molecule has 1 aromatic heterocycles. The largest absolute Gasteiger partial charge is 0.255 e. The minimum Gasteiger partial charge on any atom is -0.255 e. The van der Waals surface area contributed by atoms with Crippen LogP contribution in [0.15, 0.2) is 42.6 Å². The maximum absolute atomic E-state index is 4.57. The van der Waals surface area contributed by atoms with E-state index in [1.165, 1.54) is 27.3 Å². The Kier molecular flexibility index (Phi) is 1.93. The van der Waals surface area contributed by atoms with Crippen molar-refractivity contribution in [3.05, 3.63) is 53.7 Å². The lowest BCUT2D eigenvalue weighted by Crippen LogP contribution is -1.88. The standard InChI is InChI=1S/C15H13N/c1-10-7-8-11(2)15-14(10)13-6-4-3-5-12(13)9-16-15/h3-9H,1-2H3. The number of hydrogen-bond donors (Lipinski definition) is 0. The van der Waals surface area contributed by atoms with Gasteiger partial charge in [0.15, 0.2) is 0 Å². The van der Waals surface area contributed by atoms with Gasteiger partial charge in [0.25, 0.3) is 0 Å². The molecule has 0 aliphatic rings. The van der Waals surface area contributed by atoms with Crippen molar-refractivity contribution in [3.63, 3.8) is 0 Å². The first kappa shape index (κ1) is 9.34. The monoisotopic (exact) mass is 207 g/mol. The highest BCUT2D eigenvalue weighted by Crippen LogP contribution is 2.27. The minimum absolute atomic E-state index is 1.12. The fourth-order valence-corrected chi connectivity index (χ4v) is 2.27. The van der Waals surface area contributed by atoms with Crippen molar-refractivity contribution in [1.82, 2.24) is 4.98 Å². The highest BCUT2D eigenvalue weighted by molar-refractivity contribution is 6.07. The Morgan fingerprint density at radius 3 is 2.50 bits per heavy atom. The average Bonchev–Trinajstić information content (AvgIpc) is 2.33. The zero-order chi connectivity index (χ0) is 11.1. The summed E-state index contributed by atoms with van der Waals surface area (Å²) in [6.07, 6.45) is 1.96. The molecule has 0 saturated heterocycles. The summed E-state index contributed by atoms with van der Waals surface area (Å²) in [5.74, 6) is 0. The fraction of sp³-hybridized carbons (Fsp3) is 0.133. The summed E-state index contributed by atoms with van der Waals surface area (Å²) in [6.45, 7) is 4.26. The van der Waals surface area contributed by atoms with Crippen molar-refractivity contribution in [3.8, 4) is 0 Å². The molecule has 1 heteroatoms. The molecule has 3 aromatic rings. The number of aryl methyl sites for hydroxylation is 2. The molecule has 1 nitrogen and oxygen atoms in total. The van der Waals surface area contributed by atoms with Crippen LogP contribution in [-0.2, 0) is 0 Å². The maximum Gasteiger partial charge on any atom is 0.0740 e. The van der Waals surface area contributed by atoms with E-state index in [9.17, 15) is 0 Å². The second kappa shape index (κ2) is 3.31. The zero-order valence-corrected chi connectivity index (χ0v) is 9.49. The summed E-state index contributed by atoms with van der Waals surface area (Å²) in [4.78, 5) is 4.57. The van der Waals surface area contributed by atoms with Crippen molar-refractivity contribution in [2.24, 2.45) is 0 Å². The van der Waals surface area contributed by atoms with Crippen LogP contribution in [0.5, 0.6) is 0 Å². The van der Waals surface area contributed by atoms with Gasteiger partial charge in [0.1, 0.15) is 0 Å². The number of rotatable bonds is 0. The topological polar surface area (TPSA) is 12.9 Å². The summed E-state index contributed by atoms with van der Waals surface area (Å²) in [7, 11) is 0. The molecule has 0 atom stereocenters. The van der Waals surface area contributed by atoms with Crippen LogP contribution in [0.1, 0.15) is 11.1 Å². The molecule has 78 valence electrons. The molecule has 0 aliphatic carbocycles. The lowest BCUT2D eigenvalue weighted by Gasteiger charge is -2.08. The molecule has 0 bridgehead atoms. The summed E-state index contributed by atoms with van der Waals surface area (Å²) in [5, 5.41) is 3.80. The quantitative estimate of drug-likeness (QED) is 0.508. The van der Waals surface area contributed by atoms with Crippen molar-refractivity contribution >= 4 is 21.7 Å². The predicted molar refractivity (Wildman–Crippen MR) is 68.7 cm³/mol. The van der Waals surface area contributed by atoms with Crippen LogP contribution >= 0.6 is 0 Å². The number of hydrogen-bond acceptors (Lipinski definition) is 1. The van der Waals surface area contributed by atoms with Crippen LogP contribution in [0.3, 0.4) is 0 Å². The van der Waals surface area contributed by atoms with E-state index in [-0.39, 0.29) is 0 Å².